The Hall–Kier alpha value is -2.34. The average Bonchev–Trinajstić information content (AvgIpc) is 3.07. The molecule has 6 heteroatoms. The Bertz CT molecular complexity index is 650. The van der Waals surface area contributed by atoms with Gasteiger partial charge in [-0.3, -0.25) is 0 Å². The first-order chi connectivity index (χ1) is 11.5. The zero-order valence-corrected chi connectivity index (χ0v) is 14.8. The number of hydrogen-bond donors (Lipinski definition) is 2. The molecule has 0 amide bonds. The molecule has 0 saturated heterocycles. The van der Waals surface area contributed by atoms with Gasteiger partial charge in [-0.05, 0) is 20.8 Å². The van der Waals surface area contributed by atoms with Gasteiger partial charge in [-0.1, -0.05) is 35.5 Å². The number of benzene rings is 1. The molecule has 1 heterocycles. The van der Waals surface area contributed by atoms with Gasteiger partial charge in [-0.25, -0.2) is 4.99 Å². The number of guanidine groups is 1. The van der Waals surface area contributed by atoms with Crippen LogP contribution in [0.25, 0.3) is 11.3 Å². The van der Waals surface area contributed by atoms with Crippen molar-refractivity contribution in [1.82, 2.24) is 15.8 Å². The molecule has 0 atom stereocenters. The van der Waals surface area contributed by atoms with E-state index in [9.17, 15) is 0 Å². The fourth-order valence-electron chi connectivity index (χ4n) is 2.00. The third-order valence-corrected chi connectivity index (χ3v) is 3.59. The summed E-state index contributed by atoms with van der Waals surface area (Å²) in [6.45, 7) is 7.96. The van der Waals surface area contributed by atoms with E-state index in [4.69, 9.17) is 9.26 Å². The first kappa shape index (κ1) is 18.0. The van der Waals surface area contributed by atoms with Crippen LogP contribution in [0, 0.1) is 0 Å². The van der Waals surface area contributed by atoms with Crippen LogP contribution in [0.1, 0.15) is 26.5 Å². The van der Waals surface area contributed by atoms with Crippen LogP contribution < -0.4 is 10.6 Å². The first-order valence-corrected chi connectivity index (χ1v) is 8.12. The van der Waals surface area contributed by atoms with Gasteiger partial charge in [-0.15, -0.1) is 0 Å². The van der Waals surface area contributed by atoms with E-state index >= 15 is 0 Å². The van der Waals surface area contributed by atoms with Crippen LogP contribution in [0.5, 0.6) is 0 Å². The molecule has 2 rings (SSSR count). The number of hydrogen-bond acceptors (Lipinski definition) is 4. The fourth-order valence-corrected chi connectivity index (χ4v) is 2.00. The largest absolute Gasteiger partial charge is 0.377 e. The van der Waals surface area contributed by atoms with Crippen LogP contribution in [-0.2, 0) is 11.3 Å². The lowest BCUT2D eigenvalue weighted by Crippen LogP contribution is -2.45. The maximum Gasteiger partial charge on any atom is 0.191 e. The predicted octanol–water partition coefficient (Wildman–Crippen LogP) is 2.82. The van der Waals surface area contributed by atoms with Gasteiger partial charge >= 0.3 is 0 Å². The van der Waals surface area contributed by atoms with Gasteiger partial charge in [0.15, 0.2) is 11.7 Å². The summed E-state index contributed by atoms with van der Waals surface area (Å²) >= 11 is 0. The van der Waals surface area contributed by atoms with Crippen LogP contribution in [0.4, 0.5) is 0 Å². The topological polar surface area (TPSA) is 71.7 Å². The highest BCUT2D eigenvalue weighted by molar-refractivity contribution is 5.79. The van der Waals surface area contributed by atoms with E-state index in [0.29, 0.717) is 13.1 Å². The van der Waals surface area contributed by atoms with Gasteiger partial charge in [0.25, 0.3) is 0 Å². The maximum absolute atomic E-state index is 5.41. The second-order valence-corrected chi connectivity index (χ2v) is 6.06. The number of aromatic nitrogens is 1. The minimum Gasteiger partial charge on any atom is -0.377 e. The van der Waals surface area contributed by atoms with E-state index < -0.39 is 0 Å². The summed E-state index contributed by atoms with van der Waals surface area (Å²) in [4.78, 5) is 4.54. The zero-order chi connectivity index (χ0) is 17.4. The Morgan fingerprint density at radius 3 is 2.67 bits per heavy atom. The Morgan fingerprint density at radius 1 is 1.25 bits per heavy atom. The lowest BCUT2D eigenvalue weighted by molar-refractivity contribution is 0.0268. The number of nitrogens with zero attached hydrogens (tertiary/aromatic N) is 2. The molecule has 0 saturated carbocycles. The van der Waals surface area contributed by atoms with Gasteiger partial charge in [0.05, 0.1) is 12.1 Å². The molecule has 0 unspecified atom stereocenters. The van der Waals surface area contributed by atoms with Crippen LogP contribution in [0.2, 0.25) is 0 Å². The lowest BCUT2D eigenvalue weighted by atomic mass is 10.1. The van der Waals surface area contributed by atoms with Crippen molar-refractivity contribution in [1.29, 1.82) is 0 Å². The monoisotopic (exact) mass is 330 g/mol. The second-order valence-electron chi connectivity index (χ2n) is 6.06. The number of nitrogens with one attached hydrogen (secondary N) is 2. The maximum atomic E-state index is 5.41. The molecule has 24 heavy (non-hydrogen) atoms. The van der Waals surface area contributed by atoms with Gasteiger partial charge < -0.3 is 19.9 Å². The SMILES string of the molecule is CCNC(=NCc1cc(-c2ccccc2)on1)NCC(C)(C)OC. The highest BCUT2D eigenvalue weighted by atomic mass is 16.5. The van der Waals surface area contributed by atoms with Gasteiger partial charge in [0.1, 0.15) is 5.69 Å². The Balaban J connectivity index is 2.00. The van der Waals surface area contributed by atoms with Gasteiger partial charge in [-0.2, -0.15) is 0 Å². The first-order valence-electron chi connectivity index (χ1n) is 8.12. The van der Waals surface area contributed by atoms with Crippen molar-refractivity contribution in [2.75, 3.05) is 20.2 Å². The van der Waals surface area contributed by atoms with E-state index in [-0.39, 0.29) is 5.60 Å². The quantitative estimate of drug-likeness (QED) is 0.603. The summed E-state index contributed by atoms with van der Waals surface area (Å²) in [7, 11) is 1.70. The summed E-state index contributed by atoms with van der Waals surface area (Å²) in [5, 5.41) is 10.6. The Morgan fingerprint density at radius 2 is 2.00 bits per heavy atom. The molecule has 0 aliphatic carbocycles. The van der Waals surface area contributed by atoms with Gasteiger partial charge in [0.2, 0.25) is 0 Å². The summed E-state index contributed by atoms with van der Waals surface area (Å²) in [6.07, 6.45) is 0. The molecular weight excluding hydrogens is 304 g/mol. The second kappa shape index (κ2) is 8.49. The molecular formula is C18H26N4O2. The highest BCUT2D eigenvalue weighted by Crippen LogP contribution is 2.19. The molecule has 130 valence electrons. The zero-order valence-electron chi connectivity index (χ0n) is 14.8. The van der Waals surface area contributed by atoms with E-state index in [1.165, 1.54) is 0 Å². The molecule has 0 spiro atoms. The predicted molar refractivity (Wildman–Crippen MR) is 95.8 cm³/mol. The lowest BCUT2D eigenvalue weighted by Gasteiger charge is -2.24. The molecule has 1 aromatic carbocycles. The standard InChI is InChI=1S/C18H26N4O2/c1-5-19-17(21-13-18(2,3)23-4)20-12-15-11-16(24-22-15)14-9-7-6-8-10-14/h6-11H,5,12-13H2,1-4H3,(H2,19,20,21). The van der Waals surface area contributed by atoms with Crippen molar-refractivity contribution in [3.63, 3.8) is 0 Å². The molecule has 0 radical (unpaired) electrons. The summed E-state index contributed by atoms with van der Waals surface area (Å²) in [5.41, 5.74) is 1.54. The molecule has 0 aliphatic heterocycles. The van der Waals surface area contributed by atoms with Crippen molar-refractivity contribution in [2.45, 2.75) is 32.9 Å². The average molecular weight is 330 g/mol. The van der Waals surface area contributed by atoms with Crippen molar-refractivity contribution < 1.29 is 9.26 Å². The minimum atomic E-state index is -0.259. The third kappa shape index (κ3) is 5.38. The molecule has 1 aromatic heterocycles. The number of ether oxygens (including phenoxy) is 1. The van der Waals surface area contributed by atoms with Crippen molar-refractivity contribution in [2.24, 2.45) is 4.99 Å². The van der Waals surface area contributed by atoms with Crippen LogP contribution >= 0.6 is 0 Å². The molecule has 0 aliphatic rings. The Kier molecular flexibility index (Phi) is 6.37. The van der Waals surface area contributed by atoms with E-state index in [1.807, 2.05) is 57.2 Å². The summed E-state index contributed by atoms with van der Waals surface area (Å²) < 4.78 is 10.8. The Labute approximate surface area is 143 Å². The number of methoxy groups -OCH3 is 1. The fraction of sp³-hybridized carbons (Fsp3) is 0.444. The van der Waals surface area contributed by atoms with Crippen LogP contribution in [0.3, 0.4) is 0 Å². The molecule has 0 bridgehead atoms. The van der Waals surface area contributed by atoms with Crippen LogP contribution in [-0.4, -0.2) is 36.9 Å². The smallest absolute Gasteiger partial charge is 0.191 e. The van der Waals surface area contributed by atoms with E-state index in [1.54, 1.807) is 7.11 Å². The normalized spacial score (nSPS) is 12.2. The van der Waals surface area contributed by atoms with E-state index in [2.05, 4.69) is 20.8 Å². The molecule has 2 aromatic rings. The highest BCUT2D eigenvalue weighted by Gasteiger charge is 2.16. The molecule has 6 nitrogen and oxygen atoms in total. The van der Waals surface area contributed by atoms with Crippen molar-refractivity contribution in [3.05, 3.63) is 42.1 Å². The number of aliphatic imine (C=N–C) groups is 1. The van der Waals surface area contributed by atoms with Crippen molar-refractivity contribution in [3.8, 4) is 11.3 Å². The van der Waals surface area contributed by atoms with Gasteiger partial charge in [0, 0.05) is 31.8 Å². The molecule has 0 fully saturated rings. The van der Waals surface area contributed by atoms with Crippen LogP contribution in [0.15, 0.2) is 45.9 Å². The van der Waals surface area contributed by atoms with Crippen molar-refractivity contribution >= 4 is 5.96 Å². The molecule has 2 N–H and O–H groups in total. The third-order valence-electron chi connectivity index (χ3n) is 3.59. The number of rotatable bonds is 7. The minimum absolute atomic E-state index is 0.259. The van der Waals surface area contributed by atoms with E-state index in [0.717, 1.165) is 29.5 Å². The summed E-state index contributed by atoms with van der Waals surface area (Å²) in [6, 6.07) is 11.8. The summed E-state index contributed by atoms with van der Waals surface area (Å²) in [5.74, 6) is 1.48.